The maximum Gasteiger partial charge on any atom is 0.162 e. The Bertz CT molecular complexity index is 1350. The first kappa shape index (κ1) is 28.8. The van der Waals surface area contributed by atoms with E-state index in [9.17, 15) is 4.79 Å². The zero-order valence-electron chi connectivity index (χ0n) is 24.5. The third kappa shape index (κ3) is 7.09. The molecule has 5 rings (SSSR count). The normalized spacial score (nSPS) is 14.5. The third-order valence-corrected chi connectivity index (χ3v) is 7.58. The highest BCUT2D eigenvalue weighted by atomic mass is 16.5. The van der Waals surface area contributed by atoms with Gasteiger partial charge in [-0.25, -0.2) is 0 Å². The zero-order chi connectivity index (χ0) is 27.8. The van der Waals surface area contributed by atoms with Crippen LogP contribution in [0.2, 0.25) is 0 Å². The lowest BCUT2D eigenvalue weighted by Gasteiger charge is -2.32. The van der Waals surface area contributed by atoms with Gasteiger partial charge in [-0.05, 0) is 94.9 Å². The minimum Gasteiger partial charge on any atom is -0.490 e. The number of likely N-dealkylation sites (tertiary alicyclic amines) is 1. The molecule has 1 fully saturated rings. The molecule has 3 aromatic carbocycles. The van der Waals surface area contributed by atoms with Gasteiger partial charge in [0.05, 0.1) is 0 Å². The van der Waals surface area contributed by atoms with Crippen molar-refractivity contribution in [3.63, 3.8) is 0 Å². The Labute approximate surface area is 234 Å². The summed E-state index contributed by atoms with van der Waals surface area (Å²) in [6.45, 7) is 11.2. The highest BCUT2D eigenvalue weighted by Gasteiger charge is 2.21. The molecule has 1 aliphatic heterocycles. The molecular weight excluding hydrogens is 482 g/mol. The highest BCUT2D eigenvalue weighted by molar-refractivity contribution is 6.08. The van der Waals surface area contributed by atoms with Crippen LogP contribution in [0.1, 0.15) is 62.4 Å². The molecule has 1 saturated heterocycles. The van der Waals surface area contributed by atoms with Crippen LogP contribution in [0.3, 0.4) is 0 Å². The van der Waals surface area contributed by atoms with E-state index in [2.05, 4.69) is 63.8 Å². The molecule has 5 heteroatoms. The van der Waals surface area contributed by atoms with Gasteiger partial charge in [-0.3, -0.25) is 9.69 Å². The number of piperidine rings is 1. The van der Waals surface area contributed by atoms with Gasteiger partial charge in [-0.1, -0.05) is 38.1 Å². The number of ether oxygens (including phenoxy) is 1. The molecule has 5 nitrogen and oxygen atoms in total. The summed E-state index contributed by atoms with van der Waals surface area (Å²) < 4.78 is 8.68. The summed E-state index contributed by atoms with van der Waals surface area (Å²) in [5.74, 6) is 1.07. The first-order valence-corrected chi connectivity index (χ1v) is 14.7. The summed E-state index contributed by atoms with van der Waals surface area (Å²) in [6, 6.07) is 23.4. The molecule has 0 bridgehead atoms. The van der Waals surface area contributed by atoms with Crippen molar-refractivity contribution in [2.45, 2.75) is 65.6 Å². The topological polar surface area (TPSA) is 37.7 Å². The molecule has 1 aliphatic rings. The van der Waals surface area contributed by atoms with Crippen LogP contribution < -0.4 is 4.74 Å². The number of Topliss-reactive ketones (excluding diaryl/α,β-unsaturated/α-hetero) is 1. The van der Waals surface area contributed by atoms with E-state index >= 15 is 0 Å². The molecule has 0 atom stereocenters. The SMILES string of the molecule is CC.CCn1c2ccccc2c2cc(CN3CCC(Oc4ccc(C(=O)CCCN(C)C)cc4)CC3)ccc21. The molecule has 0 unspecified atom stereocenters. The average molecular weight is 528 g/mol. The largest absolute Gasteiger partial charge is 0.490 e. The van der Waals surface area contributed by atoms with Gasteiger partial charge >= 0.3 is 0 Å². The molecule has 0 amide bonds. The lowest BCUT2D eigenvalue weighted by Crippen LogP contribution is -2.37. The summed E-state index contributed by atoms with van der Waals surface area (Å²) in [7, 11) is 4.07. The van der Waals surface area contributed by atoms with Gasteiger partial charge in [0.2, 0.25) is 0 Å². The van der Waals surface area contributed by atoms with Crippen molar-refractivity contribution in [2.75, 3.05) is 33.7 Å². The molecule has 0 spiro atoms. The van der Waals surface area contributed by atoms with Crippen LogP contribution in [0.4, 0.5) is 0 Å². The molecule has 0 N–H and O–H groups in total. The van der Waals surface area contributed by atoms with Crippen LogP contribution in [0.5, 0.6) is 5.75 Å². The van der Waals surface area contributed by atoms with Crippen molar-refractivity contribution in [1.82, 2.24) is 14.4 Å². The summed E-state index contributed by atoms with van der Waals surface area (Å²) in [6.07, 6.45) is 3.73. The maximum atomic E-state index is 12.4. The number of benzene rings is 3. The van der Waals surface area contributed by atoms with Crippen LogP contribution in [-0.2, 0) is 13.1 Å². The number of fused-ring (bicyclic) bond motifs is 3. The number of aromatic nitrogens is 1. The van der Waals surface area contributed by atoms with Gasteiger partial charge in [0, 0.05) is 60.0 Å². The van der Waals surface area contributed by atoms with E-state index in [1.54, 1.807) is 0 Å². The summed E-state index contributed by atoms with van der Waals surface area (Å²) in [4.78, 5) is 17.0. The van der Waals surface area contributed by atoms with E-state index < -0.39 is 0 Å². The van der Waals surface area contributed by atoms with Gasteiger partial charge in [0.15, 0.2) is 5.78 Å². The van der Waals surface area contributed by atoms with Gasteiger partial charge in [-0.15, -0.1) is 0 Å². The fourth-order valence-corrected chi connectivity index (χ4v) is 5.60. The smallest absolute Gasteiger partial charge is 0.162 e. The van der Waals surface area contributed by atoms with Crippen molar-refractivity contribution in [3.05, 3.63) is 77.9 Å². The van der Waals surface area contributed by atoms with Crippen LogP contribution in [0.15, 0.2) is 66.7 Å². The number of aryl methyl sites for hydroxylation is 1. The van der Waals surface area contributed by atoms with Crippen molar-refractivity contribution >= 4 is 27.6 Å². The monoisotopic (exact) mass is 527 g/mol. The molecule has 4 aromatic rings. The lowest BCUT2D eigenvalue weighted by atomic mass is 10.0. The van der Waals surface area contributed by atoms with Crippen molar-refractivity contribution < 1.29 is 9.53 Å². The Hall–Kier alpha value is -3.15. The second-order valence-electron chi connectivity index (χ2n) is 10.6. The number of hydrogen-bond acceptors (Lipinski definition) is 4. The Balaban J connectivity index is 0.00000172. The highest BCUT2D eigenvalue weighted by Crippen LogP contribution is 2.30. The van der Waals surface area contributed by atoms with Crippen LogP contribution in [0, 0.1) is 0 Å². The number of carbonyl (C=O) groups is 1. The van der Waals surface area contributed by atoms with Crippen molar-refractivity contribution in [2.24, 2.45) is 0 Å². The maximum absolute atomic E-state index is 12.4. The molecule has 0 aliphatic carbocycles. The second kappa shape index (κ2) is 13.8. The van der Waals surface area contributed by atoms with E-state index in [1.807, 2.05) is 52.2 Å². The van der Waals surface area contributed by atoms with E-state index in [0.717, 1.165) is 63.3 Å². The summed E-state index contributed by atoms with van der Waals surface area (Å²) in [5.41, 5.74) is 4.79. The number of ketones is 1. The Morgan fingerprint density at radius 3 is 2.31 bits per heavy atom. The van der Waals surface area contributed by atoms with E-state index in [-0.39, 0.29) is 11.9 Å². The fraction of sp³-hybridized carbons (Fsp3) is 0.441. The number of nitrogens with zero attached hydrogens (tertiary/aromatic N) is 3. The minimum absolute atomic E-state index is 0.208. The molecular formula is C34H45N3O2. The summed E-state index contributed by atoms with van der Waals surface area (Å²) in [5, 5.41) is 2.70. The number of hydrogen-bond donors (Lipinski definition) is 0. The Kier molecular flexibility index (Phi) is 10.2. The minimum atomic E-state index is 0.208. The van der Waals surface area contributed by atoms with Crippen LogP contribution >= 0.6 is 0 Å². The van der Waals surface area contributed by atoms with E-state index in [1.165, 1.54) is 27.4 Å². The van der Waals surface area contributed by atoms with Crippen molar-refractivity contribution in [3.8, 4) is 5.75 Å². The number of rotatable bonds is 10. The Morgan fingerprint density at radius 2 is 1.62 bits per heavy atom. The first-order chi connectivity index (χ1) is 19.0. The molecule has 1 aromatic heterocycles. The van der Waals surface area contributed by atoms with Gasteiger partial charge in [0.1, 0.15) is 11.9 Å². The molecule has 2 heterocycles. The quantitative estimate of drug-likeness (QED) is 0.201. The summed E-state index contributed by atoms with van der Waals surface area (Å²) >= 11 is 0. The lowest BCUT2D eigenvalue weighted by molar-refractivity contribution is 0.0964. The van der Waals surface area contributed by atoms with Crippen LogP contribution in [0.25, 0.3) is 21.8 Å². The zero-order valence-corrected chi connectivity index (χ0v) is 24.5. The van der Waals surface area contributed by atoms with Crippen LogP contribution in [-0.4, -0.2) is 60.0 Å². The number of para-hydroxylation sites is 1. The molecule has 208 valence electrons. The molecule has 39 heavy (non-hydrogen) atoms. The van der Waals surface area contributed by atoms with Gasteiger partial charge in [0.25, 0.3) is 0 Å². The van der Waals surface area contributed by atoms with Gasteiger partial charge in [-0.2, -0.15) is 0 Å². The molecule has 0 saturated carbocycles. The number of carbonyl (C=O) groups excluding carboxylic acids is 1. The average Bonchev–Trinajstić information content (AvgIpc) is 3.28. The predicted molar refractivity (Wildman–Crippen MR) is 164 cm³/mol. The van der Waals surface area contributed by atoms with E-state index in [4.69, 9.17) is 4.74 Å². The standard InChI is InChI=1S/C32H39N3O2.C2H6/c1-4-35-30-9-6-5-8-28(30)29-22-24(11-16-31(29)35)23-34-20-17-27(18-21-34)37-26-14-12-25(13-15-26)32(36)10-7-19-33(2)3;1-2/h5-6,8-9,11-16,22,27H,4,7,10,17-21,23H2,1-3H3;1-2H3. The van der Waals surface area contributed by atoms with Crippen molar-refractivity contribution in [1.29, 1.82) is 0 Å². The fourth-order valence-electron chi connectivity index (χ4n) is 5.60. The first-order valence-electron chi connectivity index (χ1n) is 14.7. The molecule has 0 radical (unpaired) electrons. The van der Waals surface area contributed by atoms with Gasteiger partial charge < -0.3 is 14.2 Å². The second-order valence-corrected chi connectivity index (χ2v) is 10.6. The van der Waals surface area contributed by atoms with E-state index in [0.29, 0.717) is 6.42 Å². The third-order valence-electron chi connectivity index (χ3n) is 7.58. The Morgan fingerprint density at radius 1 is 0.923 bits per heavy atom. The predicted octanol–water partition coefficient (Wildman–Crippen LogP) is 7.41.